The Hall–Kier alpha value is -1.92. The summed E-state index contributed by atoms with van der Waals surface area (Å²) in [6.07, 6.45) is -2.81. The highest BCUT2D eigenvalue weighted by Crippen LogP contribution is 2.32. The highest BCUT2D eigenvalue weighted by atomic mass is 19.3. The zero-order valence-corrected chi connectivity index (χ0v) is 9.49. The third-order valence-corrected chi connectivity index (χ3v) is 2.01. The van der Waals surface area contributed by atoms with E-state index in [0.29, 0.717) is 0 Å². The summed E-state index contributed by atoms with van der Waals surface area (Å²) in [5, 5.41) is 0. The number of methoxy groups -OCH3 is 3. The van der Waals surface area contributed by atoms with Crippen LogP contribution >= 0.6 is 0 Å². The zero-order valence-electron chi connectivity index (χ0n) is 9.49. The summed E-state index contributed by atoms with van der Waals surface area (Å²) in [5.41, 5.74) is -0.667. The minimum absolute atomic E-state index is 0.127. The van der Waals surface area contributed by atoms with Crippen LogP contribution in [0, 0.1) is 0 Å². The monoisotopic (exact) mass is 247 g/mol. The summed E-state index contributed by atoms with van der Waals surface area (Å²) < 4.78 is 39.3. The number of esters is 1. The lowest BCUT2D eigenvalue weighted by Gasteiger charge is -2.11. The number of nitrogens with zero attached hydrogens (tertiary/aromatic N) is 1. The lowest BCUT2D eigenvalue weighted by molar-refractivity contribution is 0.0595. The van der Waals surface area contributed by atoms with Gasteiger partial charge in [0.25, 0.3) is 6.43 Å². The minimum Gasteiger partial charge on any atom is -0.481 e. The van der Waals surface area contributed by atoms with Gasteiger partial charge in [-0.15, -0.1) is 0 Å². The maximum atomic E-state index is 12.7. The van der Waals surface area contributed by atoms with Crippen LogP contribution in [0.25, 0.3) is 0 Å². The van der Waals surface area contributed by atoms with E-state index in [1.165, 1.54) is 14.2 Å². The Bertz CT molecular complexity index is 423. The van der Waals surface area contributed by atoms with E-state index in [9.17, 15) is 13.6 Å². The molecule has 1 aromatic heterocycles. The van der Waals surface area contributed by atoms with Crippen LogP contribution in [-0.2, 0) is 4.74 Å². The molecule has 0 amide bonds. The molecule has 1 rings (SSSR count). The second-order valence-corrected chi connectivity index (χ2v) is 2.94. The van der Waals surface area contributed by atoms with E-state index in [1.54, 1.807) is 0 Å². The molecule has 0 aliphatic heterocycles. The van der Waals surface area contributed by atoms with E-state index in [0.717, 1.165) is 13.2 Å². The quantitative estimate of drug-likeness (QED) is 0.759. The minimum atomic E-state index is -2.81. The fraction of sp³-hybridized carbons (Fsp3) is 0.400. The van der Waals surface area contributed by atoms with Gasteiger partial charge in [-0.3, -0.25) is 0 Å². The Morgan fingerprint density at radius 3 is 2.24 bits per heavy atom. The smallest absolute Gasteiger partial charge is 0.343 e. The number of pyridine rings is 1. The van der Waals surface area contributed by atoms with Crippen molar-refractivity contribution in [3.63, 3.8) is 0 Å². The van der Waals surface area contributed by atoms with Crippen molar-refractivity contribution in [2.24, 2.45) is 0 Å². The molecule has 0 radical (unpaired) electrons. The summed E-state index contributed by atoms with van der Waals surface area (Å²) in [4.78, 5) is 15.0. The van der Waals surface area contributed by atoms with E-state index in [4.69, 9.17) is 9.47 Å². The van der Waals surface area contributed by atoms with Gasteiger partial charge >= 0.3 is 5.97 Å². The summed E-state index contributed by atoms with van der Waals surface area (Å²) >= 11 is 0. The van der Waals surface area contributed by atoms with Gasteiger partial charge in [0.15, 0.2) is 0 Å². The molecule has 0 atom stereocenters. The van der Waals surface area contributed by atoms with Crippen LogP contribution in [0.5, 0.6) is 11.8 Å². The zero-order chi connectivity index (χ0) is 13.0. The Morgan fingerprint density at radius 2 is 1.82 bits per heavy atom. The SMILES string of the molecule is COC(=O)c1cc(C(F)F)c(OC)nc1OC. The number of ether oxygens (including phenoxy) is 3. The Labute approximate surface area is 96.3 Å². The van der Waals surface area contributed by atoms with Crippen LogP contribution in [0.4, 0.5) is 8.78 Å². The second-order valence-electron chi connectivity index (χ2n) is 2.94. The normalized spacial score (nSPS) is 10.2. The predicted octanol–water partition coefficient (Wildman–Crippen LogP) is 1.82. The van der Waals surface area contributed by atoms with Crippen LogP contribution < -0.4 is 9.47 Å². The van der Waals surface area contributed by atoms with Crippen molar-refractivity contribution < 1.29 is 27.8 Å². The molecule has 94 valence electrons. The first-order valence-corrected chi connectivity index (χ1v) is 4.54. The van der Waals surface area contributed by atoms with Crippen molar-refractivity contribution >= 4 is 5.97 Å². The molecule has 0 spiro atoms. The number of aromatic nitrogens is 1. The molecular weight excluding hydrogens is 236 g/mol. The first-order chi connectivity index (χ1) is 8.04. The molecule has 0 aliphatic carbocycles. The lowest BCUT2D eigenvalue weighted by Crippen LogP contribution is -2.08. The van der Waals surface area contributed by atoms with E-state index >= 15 is 0 Å². The van der Waals surface area contributed by atoms with Crippen molar-refractivity contribution in [2.75, 3.05) is 21.3 Å². The van der Waals surface area contributed by atoms with Gasteiger partial charge in [0.05, 0.1) is 26.9 Å². The molecule has 5 nitrogen and oxygen atoms in total. The number of carbonyl (C=O) groups is 1. The predicted molar refractivity (Wildman–Crippen MR) is 53.6 cm³/mol. The van der Waals surface area contributed by atoms with Crippen LogP contribution in [0.2, 0.25) is 0 Å². The second kappa shape index (κ2) is 5.42. The van der Waals surface area contributed by atoms with E-state index in [1.807, 2.05) is 0 Å². The molecule has 17 heavy (non-hydrogen) atoms. The van der Waals surface area contributed by atoms with Gasteiger partial charge in [0.1, 0.15) is 5.56 Å². The largest absolute Gasteiger partial charge is 0.481 e. The molecule has 0 aliphatic rings. The summed E-state index contributed by atoms with van der Waals surface area (Å²) in [7, 11) is 3.59. The summed E-state index contributed by atoms with van der Waals surface area (Å²) in [5.74, 6) is -1.22. The average molecular weight is 247 g/mol. The average Bonchev–Trinajstić information content (AvgIpc) is 2.35. The van der Waals surface area contributed by atoms with Gasteiger partial charge in [-0.25, -0.2) is 13.6 Å². The van der Waals surface area contributed by atoms with E-state index in [2.05, 4.69) is 9.72 Å². The van der Waals surface area contributed by atoms with Crippen molar-refractivity contribution in [3.8, 4) is 11.8 Å². The number of hydrogen-bond acceptors (Lipinski definition) is 5. The number of halogens is 2. The lowest BCUT2D eigenvalue weighted by atomic mass is 10.2. The molecule has 1 heterocycles. The van der Waals surface area contributed by atoms with E-state index in [-0.39, 0.29) is 17.3 Å². The molecule has 0 unspecified atom stereocenters. The molecule has 0 bridgehead atoms. The Kier molecular flexibility index (Phi) is 4.19. The van der Waals surface area contributed by atoms with Crippen LogP contribution in [0.15, 0.2) is 6.07 Å². The molecule has 7 heteroatoms. The Balaban J connectivity index is 3.39. The van der Waals surface area contributed by atoms with Gasteiger partial charge in [0.2, 0.25) is 11.8 Å². The fourth-order valence-electron chi connectivity index (χ4n) is 1.23. The topological polar surface area (TPSA) is 57.7 Å². The highest BCUT2D eigenvalue weighted by Gasteiger charge is 2.23. The molecule has 0 fully saturated rings. The van der Waals surface area contributed by atoms with Gasteiger partial charge < -0.3 is 14.2 Å². The van der Waals surface area contributed by atoms with Crippen molar-refractivity contribution in [1.82, 2.24) is 4.98 Å². The summed E-state index contributed by atoms with van der Waals surface area (Å²) in [6.45, 7) is 0. The third kappa shape index (κ3) is 2.61. The van der Waals surface area contributed by atoms with E-state index < -0.39 is 18.0 Å². The standard InChI is InChI=1S/C10H11F2NO4/c1-15-8-5(7(11)12)4-6(10(14)17-3)9(13-8)16-2/h4,7H,1-3H3. The maximum Gasteiger partial charge on any atom is 0.343 e. The number of carbonyl (C=O) groups excluding carboxylic acids is 1. The van der Waals surface area contributed by atoms with Crippen molar-refractivity contribution in [1.29, 1.82) is 0 Å². The van der Waals surface area contributed by atoms with Crippen LogP contribution in [-0.4, -0.2) is 32.3 Å². The third-order valence-electron chi connectivity index (χ3n) is 2.01. The molecule has 0 aromatic carbocycles. The molecular formula is C10H11F2NO4. The number of hydrogen-bond donors (Lipinski definition) is 0. The van der Waals surface area contributed by atoms with Gasteiger partial charge in [-0.05, 0) is 6.07 Å². The van der Waals surface area contributed by atoms with Crippen LogP contribution in [0.1, 0.15) is 22.3 Å². The van der Waals surface area contributed by atoms with Crippen molar-refractivity contribution in [3.05, 3.63) is 17.2 Å². The first kappa shape index (κ1) is 13.1. The van der Waals surface area contributed by atoms with Crippen molar-refractivity contribution in [2.45, 2.75) is 6.43 Å². The van der Waals surface area contributed by atoms with Crippen LogP contribution in [0.3, 0.4) is 0 Å². The summed E-state index contributed by atoms with van der Waals surface area (Å²) in [6, 6.07) is 0.946. The van der Waals surface area contributed by atoms with Gasteiger partial charge in [-0.2, -0.15) is 4.98 Å². The number of alkyl halides is 2. The fourth-order valence-corrected chi connectivity index (χ4v) is 1.23. The number of rotatable bonds is 4. The highest BCUT2D eigenvalue weighted by molar-refractivity contribution is 5.92. The first-order valence-electron chi connectivity index (χ1n) is 4.54. The molecule has 0 N–H and O–H groups in total. The van der Waals surface area contributed by atoms with Gasteiger partial charge in [-0.1, -0.05) is 0 Å². The molecule has 0 saturated heterocycles. The maximum absolute atomic E-state index is 12.7. The molecule has 1 aromatic rings. The molecule has 0 saturated carbocycles. The Morgan fingerprint density at radius 1 is 1.24 bits per heavy atom. The van der Waals surface area contributed by atoms with Gasteiger partial charge in [0, 0.05) is 0 Å².